The summed E-state index contributed by atoms with van der Waals surface area (Å²) in [5.41, 5.74) is 0.789. The Bertz CT molecular complexity index is 1210. The number of aryl methyl sites for hydroxylation is 1. The number of rotatable bonds is 7. The number of halogens is 6. The van der Waals surface area contributed by atoms with E-state index in [0.717, 1.165) is 12.3 Å². The number of amides is 1. The van der Waals surface area contributed by atoms with E-state index in [4.69, 9.17) is 9.47 Å². The molecular formula is C21H18F6N4O3. The SMILES string of the molecule is Cc1c(C(=O)NC2CC(C(F)(F)F)C2)nc2ccc(Oc3ncc(F)cc3OCC(F)F)cn12. The molecule has 0 aromatic carbocycles. The largest absolute Gasteiger partial charge is 0.482 e. The molecular weight excluding hydrogens is 470 g/mol. The third-order valence-corrected chi connectivity index (χ3v) is 5.35. The summed E-state index contributed by atoms with van der Waals surface area (Å²) in [6, 6.07) is 3.24. The van der Waals surface area contributed by atoms with Crippen LogP contribution in [-0.2, 0) is 0 Å². The van der Waals surface area contributed by atoms with Crippen molar-refractivity contribution in [3.63, 3.8) is 0 Å². The molecule has 1 fully saturated rings. The van der Waals surface area contributed by atoms with Crippen LogP contribution in [0.1, 0.15) is 29.0 Å². The highest BCUT2D eigenvalue weighted by Crippen LogP contribution is 2.41. The van der Waals surface area contributed by atoms with Crippen molar-refractivity contribution in [1.29, 1.82) is 0 Å². The van der Waals surface area contributed by atoms with Crippen LogP contribution in [0.15, 0.2) is 30.6 Å². The Morgan fingerprint density at radius 3 is 2.71 bits per heavy atom. The zero-order chi connectivity index (χ0) is 24.6. The first-order chi connectivity index (χ1) is 16.0. The van der Waals surface area contributed by atoms with Gasteiger partial charge in [-0.15, -0.1) is 0 Å². The minimum Gasteiger partial charge on any atom is -0.482 e. The minimum atomic E-state index is -4.28. The van der Waals surface area contributed by atoms with E-state index < -0.39 is 42.9 Å². The van der Waals surface area contributed by atoms with Gasteiger partial charge in [0.25, 0.3) is 18.2 Å². The fraction of sp³-hybridized carbons (Fsp3) is 0.381. The second-order valence-electron chi connectivity index (χ2n) is 7.78. The van der Waals surface area contributed by atoms with Crippen molar-refractivity contribution in [2.24, 2.45) is 5.92 Å². The molecule has 0 radical (unpaired) electrons. The normalized spacial score (nSPS) is 18.1. The molecule has 3 aromatic rings. The smallest absolute Gasteiger partial charge is 0.391 e. The lowest BCUT2D eigenvalue weighted by Crippen LogP contribution is -2.49. The molecule has 1 aliphatic carbocycles. The van der Waals surface area contributed by atoms with Crippen molar-refractivity contribution in [2.75, 3.05) is 6.61 Å². The molecule has 0 bridgehead atoms. The molecule has 1 saturated carbocycles. The van der Waals surface area contributed by atoms with Crippen LogP contribution < -0.4 is 14.8 Å². The summed E-state index contributed by atoms with van der Waals surface area (Å²) in [5, 5.41) is 2.56. The van der Waals surface area contributed by atoms with Gasteiger partial charge in [0.15, 0.2) is 5.75 Å². The molecule has 3 heterocycles. The van der Waals surface area contributed by atoms with E-state index in [-0.39, 0.29) is 35.9 Å². The fourth-order valence-corrected chi connectivity index (χ4v) is 3.53. The average Bonchev–Trinajstić information content (AvgIpc) is 3.05. The Kier molecular flexibility index (Phi) is 6.28. The number of alkyl halides is 5. The van der Waals surface area contributed by atoms with Gasteiger partial charge in [-0.3, -0.25) is 9.20 Å². The number of nitrogens with one attached hydrogen (secondary N) is 1. The van der Waals surface area contributed by atoms with Gasteiger partial charge in [0.1, 0.15) is 29.5 Å². The number of aromatic nitrogens is 3. The molecule has 0 aliphatic heterocycles. The number of carbonyl (C=O) groups is 1. The standard InChI is InChI=1S/C21H18F6N4O3/c1-10-18(19(32)29-13-4-11(5-13)21(25,26)27)30-17-3-2-14(8-31(10)17)34-20-15(33-9-16(23)24)6-12(22)7-28-20/h2-3,6-8,11,13,16H,4-5,9H2,1H3,(H,29,32). The number of fused-ring (bicyclic) bond motifs is 1. The summed E-state index contributed by atoms with van der Waals surface area (Å²) in [4.78, 5) is 20.5. The van der Waals surface area contributed by atoms with Gasteiger partial charge in [-0.1, -0.05) is 0 Å². The first kappa shape index (κ1) is 23.6. The van der Waals surface area contributed by atoms with E-state index in [1.807, 2.05) is 0 Å². The molecule has 1 amide bonds. The van der Waals surface area contributed by atoms with Crippen molar-refractivity contribution in [3.05, 3.63) is 47.8 Å². The molecule has 3 aromatic heterocycles. The van der Waals surface area contributed by atoms with E-state index in [2.05, 4.69) is 15.3 Å². The molecule has 0 saturated heterocycles. The lowest BCUT2D eigenvalue weighted by atomic mass is 9.79. The lowest BCUT2D eigenvalue weighted by Gasteiger charge is -2.36. The average molecular weight is 488 g/mol. The Hall–Kier alpha value is -3.51. The Morgan fingerprint density at radius 2 is 2.03 bits per heavy atom. The van der Waals surface area contributed by atoms with E-state index in [1.165, 1.54) is 22.7 Å². The van der Waals surface area contributed by atoms with Gasteiger partial charge in [-0.05, 0) is 31.9 Å². The van der Waals surface area contributed by atoms with Gasteiger partial charge in [0.2, 0.25) is 0 Å². The fourth-order valence-electron chi connectivity index (χ4n) is 3.53. The molecule has 0 unspecified atom stereocenters. The number of hydrogen-bond acceptors (Lipinski definition) is 5. The summed E-state index contributed by atoms with van der Waals surface area (Å²) in [6.45, 7) is 0.607. The number of hydrogen-bond donors (Lipinski definition) is 1. The summed E-state index contributed by atoms with van der Waals surface area (Å²) >= 11 is 0. The zero-order valence-corrected chi connectivity index (χ0v) is 17.6. The van der Waals surface area contributed by atoms with Gasteiger partial charge < -0.3 is 14.8 Å². The third kappa shape index (κ3) is 5.02. The number of ether oxygens (including phenoxy) is 2. The van der Waals surface area contributed by atoms with Crippen LogP contribution >= 0.6 is 0 Å². The number of pyridine rings is 2. The molecule has 1 aliphatic rings. The highest BCUT2D eigenvalue weighted by Gasteiger charge is 2.48. The topological polar surface area (TPSA) is 77.8 Å². The Labute approximate surface area is 188 Å². The molecule has 13 heteroatoms. The molecule has 0 spiro atoms. The first-order valence-electron chi connectivity index (χ1n) is 10.1. The van der Waals surface area contributed by atoms with Gasteiger partial charge in [-0.2, -0.15) is 13.2 Å². The van der Waals surface area contributed by atoms with Gasteiger partial charge in [-0.25, -0.2) is 23.1 Å². The van der Waals surface area contributed by atoms with Gasteiger partial charge in [0.05, 0.1) is 24.0 Å². The van der Waals surface area contributed by atoms with Crippen LogP contribution in [0.25, 0.3) is 5.65 Å². The maximum Gasteiger partial charge on any atom is 0.391 e. The molecule has 4 rings (SSSR count). The maximum absolute atomic E-state index is 13.5. The summed E-state index contributed by atoms with van der Waals surface area (Å²) in [7, 11) is 0. The minimum absolute atomic E-state index is 0.0356. The van der Waals surface area contributed by atoms with Crippen LogP contribution in [0.2, 0.25) is 0 Å². The second kappa shape index (κ2) is 9.03. The summed E-state index contributed by atoms with van der Waals surface area (Å²) in [6.07, 6.45) is -5.15. The predicted molar refractivity (Wildman–Crippen MR) is 106 cm³/mol. The van der Waals surface area contributed by atoms with E-state index in [1.54, 1.807) is 6.92 Å². The van der Waals surface area contributed by atoms with Crippen LogP contribution in [-0.4, -0.2) is 45.5 Å². The van der Waals surface area contributed by atoms with Crippen molar-refractivity contribution >= 4 is 11.6 Å². The van der Waals surface area contributed by atoms with Crippen molar-refractivity contribution in [2.45, 2.75) is 38.4 Å². The van der Waals surface area contributed by atoms with Crippen molar-refractivity contribution in [3.8, 4) is 17.4 Å². The van der Waals surface area contributed by atoms with Crippen LogP contribution in [0.3, 0.4) is 0 Å². The molecule has 1 N–H and O–H groups in total. The van der Waals surface area contributed by atoms with Crippen LogP contribution in [0.5, 0.6) is 17.4 Å². The van der Waals surface area contributed by atoms with Crippen LogP contribution in [0.4, 0.5) is 26.3 Å². The molecule has 0 atom stereocenters. The number of nitrogens with zero attached hydrogens (tertiary/aromatic N) is 3. The maximum atomic E-state index is 13.5. The monoisotopic (exact) mass is 488 g/mol. The molecule has 182 valence electrons. The zero-order valence-electron chi connectivity index (χ0n) is 17.6. The Balaban J connectivity index is 1.50. The third-order valence-electron chi connectivity index (χ3n) is 5.35. The molecule has 7 nitrogen and oxygen atoms in total. The van der Waals surface area contributed by atoms with E-state index in [0.29, 0.717) is 11.3 Å². The van der Waals surface area contributed by atoms with Gasteiger partial charge >= 0.3 is 6.18 Å². The quantitative estimate of drug-likeness (QED) is 0.489. The predicted octanol–water partition coefficient (Wildman–Crippen LogP) is 4.68. The number of carbonyl (C=O) groups excluding carboxylic acids is 1. The van der Waals surface area contributed by atoms with E-state index in [9.17, 15) is 31.1 Å². The Morgan fingerprint density at radius 1 is 1.29 bits per heavy atom. The van der Waals surface area contributed by atoms with Crippen LogP contribution in [0, 0.1) is 18.7 Å². The first-order valence-corrected chi connectivity index (χ1v) is 10.1. The summed E-state index contributed by atoms with van der Waals surface area (Å²) < 4.78 is 88.3. The molecule has 34 heavy (non-hydrogen) atoms. The summed E-state index contributed by atoms with van der Waals surface area (Å²) in [5.74, 6) is -3.23. The number of imidazole rings is 1. The van der Waals surface area contributed by atoms with Gasteiger partial charge in [0, 0.05) is 12.1 Å². The highest BCUT2D eigenvalue weighted by molar-refractivity contribution is 5.94. The highest BCUT2D eigenvalue weighted by atomic mass is 19.4. The van der Waals surface area contributed by atoms with E-state index >= 15 is 0 Å². The van der Waals surface area contributed by atoms with Crippen molar-refractivity contribution < 1.29 is 40.6 Å². The van der Waals surface area contributed by atoms with Crippen molar-refractivity contribution in [1.82, 2.24) is 19.7 Å². The second-order valence-corrected chi connectivity index (χ2v) is 7.78. The lowest BCUT2D eigenvalue weighted by molar-refractivity contribution is -0.198.